The third kappa shape index (κ3) is 2.53. The molecule has 18 heavy (non-hydrogen) atoms. The maximum Gasteiger partial charge on any atom is 0.215 e. The summed E-state index contributed by atoms with van der Waals surface area (Å²) in [6, 6.07) is 3.68. The first kappa shape index (κ1) is 13.0. The molecule has 0 aliphatic heterocycles. The van der Waals surface area contributed by atoms with E-state index in [9.17, 15) is 0 Å². The van der Waals surface area contributed by atoms with Gasteiger partial charge in [-0.15, -0.1) is 0 Å². The molecule has 2 rings (SSSR count). The molecular weight excluding hydrogens is 248 g/mol. The molecule has 1 unspecified atom stereocenters. The van der Waals surface area contributed by atoms with Crippen LogP contribution in [-0.4, -0.2) is 33.7 Å². The van der Waals surface area contributed by atoms with E-state index in [1.54, 1.807) is 13.2 Å². The third-order valence-electron chi connectivity index (χ3n) is 2.75. The molecule has 0 aromatic carbocycles. The number of fused-ring (bicyclic) bond motifs is 1. The predicted octanol–water partition coefficient (Wildman–Crippen LogP) is 2.02. The van der Waals surface area contributed by atoms with E-state index < -0.39 is 0 Å². The molecule has 0 bridgehead atoms. The standard InChI is InChI=1S/C12H18N4OS/c1-8(7-18-3)6-16-11-9(14-12(16)13)4-5-10(15-11)17-2/h4-5,8H,6-7H2,1-3H3,(H2,13,14). The van der Waals surface area contributed by atoms with Gasteiger partial charge in [0.1, 0.15) is 5.52 Å². The maximum atomic E-state index is 5.95. The zero-order valence-corrected chi connectivity index (χ0v) is 11.7. The zero-order valence-electron chi connectivity index (χ0n) is 10.9. The van der Waals surface area contributed by atoms with Crippen LogP contribution >= 0.6 is 11.8 Å². The minimum absolute atomic E-state index is 0.513. The van der Waals surface area contributed by atoms with Crippen molar-refractivity contribution in [1.29, 1.82) is 0 Å². The van der Waals surface area contributed by atoms with E-state index in [0.717, 1.165) is 23.5 Å². The van der Waals surface area contributed by atoms with Gasteiger partial charge in [0.25, 0.3) is 0 Å². The number of ether oxygens (including phenoxy) is 1. The Morgan fingerprint density at radius 3 is 2.89 bits per heavy atom. The van der Waals surface area contributed by atoms with Crippen LogP contribution in [0.1, 0.15) is 6.92 Å². The average Bonchev–Trinajstić information content (AvgIpc) is 2.65. The van der Waals surface area contributed by atoms with Gasteiger partial charge in [-0.1, -0.05) is 6.92 Å². The number of nitrogens with zero attached hydrogens (tertiary/aromatic N) is 3. The summed E-state index contributed by atoms with van der Waals surface area (Å²) >= 11 is 1.83. The number of anilines is 1. The van der Waals surface area contributed by atoms with Crippen molar-refractivity contribution in [3.05, 3.63) is 12.1 Å². The number of pyridine rings is 1. The highest BCUT2D eigenvalue weighted by atomic mass is 32.2. The molecule has 0 saturated heterocycles. The van der Waals surface area contributed by atoms with Gasteiger partial charge in [-0.05, 0) is 24.0 Å². The van der Waals surface area contributed by atoms with Gasteiger partial charge < -0.3 is 10.5 Å². The van der Waals surface area contributed by atoms with Crippen molar-refractivity contribution in [2.75, 3.05) is 24.9 Å². The van der Waals surface area contributed by atoms with Gasteiger partial charge in [0, 0.05) is 12.6 Å². The molecule has 2 N–H and O–H groups in total. The van der Waals surface area contributed by atoms with Gasteiger partial charge in [-0.3, -0.25) is 4.57 Å². The predicted molar refractivity (Wildman–Crippen MR) is 76.0 cm³/mol. The number of methoxy groups -OCH3 is 1. The highest BCUT2D eigenvalue weighted by Gasteiger charge is 2.13. The van der Waals surface area contributed by atoms with E-state index in [2.05, 4.69) is 23.1 Å². The van der Waals surface area contributed by atoms with E-state index in [0.29, 0.717) is 17.7 Å². The van der Waals surface area contributed by atoms with Gasteiger partial charge >= 0.3 is 0 Å². The molecule has 1 atom stereocenters. The average molecular weight is 266 g/mol. The van der Waals surface area contributed by atoms with Crippen LogP contribution in [0.15, 0.2) is 12.1 Å². The van der Waals surface area contributed by atoms with E-state index in [1.807, 2.05) is 22.4 Å². The summed E-state index contributed by atoms with van der Waals surface area (Å²) < 4.78 is 7.10. The summed E-state index contributed by atoms with van der Waals surface area (Å²) in [5, 5.41) is 0. The fraction of sp³-hybridized carbons (Fsp3) is 0.500. The minimum atomic E-state index is 0.513. The number of hydrogen-bond donors (Lipinski definition) is 1. The van der Waals surface area contributed by atoms with E-state index in [1.165, 1.54) is 0 Å². The molecule has 0 spiro atoms. The number of imidazole rings is 1. The lowest BCUT2D eigenvalue weighted by Gasteiger charge is -2.12. The molecule has 0 aliphatic rings. The second-order valence-corrected chi connectivity index (χ2v) is 5.25. The highest BCUT2D eigenvalue weighted by molar-refractivity contribution is 7.98. The molecule has 2 heterocycles. The summed E-state index contributed by atoms with van der Waals surface area (Å²) in [7, 11) is 1.61. The largest absolute Gasteiger partial charge is 0.481 e. The number of nitrogens with two attached hydrogens (primary N) is 1. The van der Waals surface area contributed by atoms with Gasteiger partial charge in [0.2, 0.25) is 11.8 Å². The van der Waals surface area contributed by atoms with Crippen molar-refractivity contribution in [3.63, 3.8) is 0 Å². The van der Waals surface area contributed by atoms with Crippen LogP contribution in [0.25, 0.3) is 11.2 Å². The van der Waals surface area contributed by atoms with Crippen molar-refractivity contribution in [3.8, 4) is 5.88 Å². The Labute approximate surface area is 111 Å². The number of rotatable bonds is 5. The first-order valence-electron chi connectivity index (χ1n) is 5.81. The maximum absolute atomic E-state index is 5.95. The van der Waals surface area contributed by atoms with Crippen LogP contribution in [-0.2, 0) is 6.54 Å². The monoisotopic (exact) mass is 266 g/mol. The number of nitrogen functional groups attached to an aromatic ring is 1. The highest BCUT2D eigenvalue weighted by Crippen LogP contribution is 2.21. The second kappa shape index (κ2) is 5.48. The van der Waals surface area contributed by atoms with Crippen molar-refractivity contribution >= 4 is 28.9 Å². The summed E-state index contributed by atoms with van der Waals surface area (Å²) in [5.41, 5.74) is 7.55. The molecule has 98 valence electrons. The van der Waals surface area contributed by atoms with Crippen molar-refractivity contribution in [2.45, 2.75) is 13.5 Å². The lowest BCUT2D eigenvalue weighted by atomic mass is 10.2. The Morgan fingerprint density at radius 1 is 1.44 bits per heavy atom. The number of hydrogen-bond acceptors (Lipinski definition) is 5. The Kier molecular flexibility index (Phi) is 3.96. The van der Waals surface area contributed by atoms with Crippen molar-refractivity contribution < 1.29 is 4.74 Å². The smallest absolute Gasteiger partial charge is 0.215 e. The Hall–Kier alpha value is -1.43. The SMILES string of the molecule is COc1ccc2nc(N)n(CC(C)CSC)c2n1. The minimum Gasteiger partial charge on any atom is -0.481 e. The van der Waals surface area contributed by atoms with E-state index in [-0.39, 0.29) is 0 Å². The van der Waals surface area contributed by atoms with Crippen molar-refractivity contribution in [1.82, 2.24) is 14.5 Å². The molecule has 6 heteroatoms. The lowest BCUT2D eigenvalue weighted by Crippen LogP contribution is -2.12. The zero-order chi connectivity index (χ0) is 13.1. The van der Waals surface area contributed by atoms with Crippen LogP contribution in [0.3, 0.4) is 0 Å². The van der Waals surface area contributed by atoms with Crippen molar-refractivity contribution in [2.24, 2.45) is 5.92 Å². The third-order valence-corrected chi connectivity index (χ3v) is 3.65. The van der Waals surface area contributed by atoms with Crippen LogP contribution in [0.4, 0.5) is 5.95 Å². The summed E-state index contributed by atoms with van der Waals surface area (Å²) in [6.45, 7) is 3.02. The second-order valence-electron chi connectivity index (χ2n) is 4.34. The van der Waals surface area contributed by atoms with Gasteiger partial charge in [0.05, 0.1) is 7.11 Å². The number of thioether (sulfide) groups is 1. The van der Waals surface area contributed by atoms with Crippen LogP contribution < -0.4 is 10.5 Å². The number of aromatic nitrogens is 3. The molecule has 2 aromatic rings. The Balaban J connectivity index is 2.38. The lowest BCUT2D eigenvalue weighted by molar-refractivity contribution is 0.398. The molecule has 0 fully saturated rings. The first-order valence-corrected chi connectivity index (χ1v) is 7.20. The van der Waals surface area contributed by atoms with Crippen LogP contribution in [0.5, 0.6) is 5.88 Å². The first-order chi connectivity index (χ1) is 8.65. The van der Waals surface area contributed by atoms with Gasteiger partial charge in [-0.2, -0.15) is 16.7 Å². The molecule has 0 amide bonds. The quantitative estimate of drug-likeness (QED) is 0.897. The Morgan fingerprint density at radius 2 is 2.22 bits per heavy atom. The summed E-state index contributed by atoms with van der Waals surface area (Å²) in [4.78, 5) is 8.74. The fourth-order valence-electron chi connectivity index (χ4n) is 1.94. The summed E-state index contributed by atoms with van der Waals surface area (Å²) in [6.07, 6.45) is 2.10. The van der Waals surface area contributed by atoms with Gasteiger partial charge in [-0.25, -0.2) is 4.98 Å². The topological polar surface area (TPSA) is 66.0 Å². The van der Waals surface area contributed by atoms with Crippen LogP contribution in [0, 0.1) is 5.92 Å². The molecule has 5 nitrogen and oxygen atoms in total. The fourth-order valence-corrected chi connectivity index (χ4v) is 2.62. The normalized spacial score (nSPS) is 12.8. The molecule has 2 aromatic heterocycles. The van der Waals surface area contributed by atoms with Crippen LogP contribution in [0.2, 0.25) is 0 Å². The molecule has 0 saturated carbocycles. The summed E-state index contributed by atoms with van der Waals surface area (Å²) in [5.74, 6) is 2.70. The molecule has 0 aliphatic carbocycles. The molecular formula is C12H18N4OS. The molecule has 0 radical (unpaired) electrons. The van der Waals surface area contributed by atoms with E-state index >= 15 is 0 Å². The van der Waals surface area contributed by atoms with Gasteiger partial charge in [0.15, 0.2) is 5.65 Å². The van der Waals surface area contributed by atoms with E-state index in [4.69, 9.17) is 10.5 Å². The Bertz CT molecular complexity index is 540.